The predicted molar refractivity (Wildman–Crippen MR) is 63.6 cm³/mol. The minimum atomic E-state index is 0.0894. The normalized spacial score (nSPS) is 10.4. The first-order chi connectivity index (χ1) is 7.58. The molecule has 5 heteroatoms. The third kappa shape index (κ3) is 1.79. The maximum absolute atomic E-state index is 5.78. The summed E-state index contributed by atoms with van der Waals surface area (Å²) in [5, 5.41) is 7.71. The van der Waals surface area contributed by atoms with Crippen molar-refractivity contribution in [1.29, 1.82) is 0 Å². The fourth-order valence-electron chi connectivity index (χ4n) is 1.53. The van der Waals surface area contributed by atoms with Gasteiger partial charge in [0.1, 0.15) is 5.69 Å². The Morgan fingerprint density at radius 3 is 2.50 bits per heavy atom. The minimum Gasteiger partial charge on any atom is -0.382 e. The molecule has 0 amide bonds. The molecule has 0 aliphatic heterocycles. The lowest BCUT2D eigenvalue weighted by Gasteiger charge is -2.07. The Morgan fingerprint density at radius 2 is 1.81 bits per heavy atom. The van der Waals surface area contributed by atoms with Gasteiger partial charge in [-0.05, 0) is 25.5 Å². The molecule has 0 aliphatic rings. The quantitative estimate of drug-likeness (QED) is 0.748. The molecule has 5 nitrogen and oxygen atoms in total. The Bertz CT molecular complexity index is 536. The van der Waals surface area contributed by atoms with E-state index in [1.165, 1.54) is 0 Å². The second-order valence-electron chi connectivity index (χ2n) is 3.72. The number of nitrogen functional groups attached to an aromatic ring is 2. The summed E-state index contributed by atoms with van der Waals surface area (Å²) < 4.78 is 0. The highest BCUT2D eigenvalue weighted by Gasteiger charge is 2.10. The van der Waals surface area contributed by atoms with Crippen molar-refractivity contribution in [3.8, 4) is 11.3 Å². The van der Waals surface area contributed by atoms with Gasteiger partial charge in [0.2, 0.25) is 5.95 Å². The number of rotatable bonds is 1. The highest BCUT2D eigenvalue weighted by atomic mass is 15.2. The molecule has 1 aromatic heterocycles. The Kier molecular flexibility index (Phi) is 2.44. The van der Waals surface area contributed by atoms with Crippen molar-refractivity contribution in [1.82, 2.24) is 15.2 Å². The topological polar surface area (TPSA) is 90.7 Å². The molecule has 1 aromatic carbocycles. The molecule has 16 heavy (non-hydrogen) atoms. The average Bonchev–Trinajstić information content (AvgIpc) is 2.22. The lowest BCUT2D eigenvalue weighted by molar-refractivity contribution is 0.997. The van der Waals surface area contributed by atoms with Crippen LogP contribution in [0, 0.1) is 13.8 Å². The molecule has 0 unspecified atom stereocenters. The SMILES string of the molecule is Cc1ccc(C)c(-c2nnc(N)nc2N)c1. The van der Waals surface area contributed by atoms with Crippen molar-refractivity contribution in [2.24, 2.45) is 0 Å². The Hall–Kier alpha value is -2.17. The summed E-state index contributed by atoms with van der Waals surface area (Å²) in [5.74, 6) is 0.396. The van der Waals surface area contributed by atoms with E-state index in [1.807, 2.05) is 32.0 Å². The van der Waals surface area contributed by atoms with E-state index in [2.05, 4.69) is 15.2 Å². The van der Waals surface area contributed by atoms with E-state index in [0.29, 0.717) is 11.5 Å². The first-order valence-corrected chi connectivity index (χ1v) is 4.91. The molecule has 0 bridgehead atoms. The fourth-order valence-corrected chi connectivity index (χ4v) is 1.53. The van der Waals surface area contributed by atoms with E-state index in [4.69, 9.17) is 11.5 Å². The van der Waals surface area contributed by atoms with E-state index < -0.39 is 0 Å². The van der Waals surface area contributed by atoms with Gasteiger partial charge in [0, 0.05) is 5.56 Å². The smallest absolute Gasteiger partial charge is 0.242 e. The van der Waals surface area contributed by atoms with Crippen LogP contribution in [0.5, 0.6) is 0 Å². The van der Waals surface area contributed by atoms with Gasteiger partial charge in [-0.3, -0.25) is 0 Å². The number of hydrogen-bond acceptors (Lipinski definition) is 5. The van der Waals surface area contributed by atoms with Crippen LogP contribution in [0.3, 0.4) is 0 Å². The number of anilines is 2. The minimum absolute atomic E-state index is 0.0894. The molecule has 0 spiro atoms. The lowest BCUT2D eigenvalue weighted by atomic mass is 10.0. The zero-order chi connectivity index (χ0) is 11.7. The van der Waals surface area contributed by atoms with E-state index in [9.17, 15) is 0 Å². The van der Waals surface area contributed by atoms with Gasteiger partial charge in [0.15, 0.2) is 5.82 Å². The fraction of sp³-hybridized carbons (Fsp3) is 0.182. The van der Waals surface area contributed by atoms with Gasteiger partial charge in [-0.2, -0.15) is 4.98 Å². The molecule has 0 saturated carbocycles. The summed E-state index contributed by atoms with van der Waals surface area (Å²) in [4.78, 5) is 3.90. The van der Waals surface area contributed by atoms with E-state index in [-0.39, 0.29) is 5.95 Å². The Labute approximate surface area is 93.5 Å². The molecular weight excluding hydrogens is 202 g/mol. The van der Waals surface area contributed by atoms with Crippen molar-refractivity contribution in [2.45, 2.75) is 13.8 Å². The molecule has 2 aromatic rings. The van der Waals surface area contributed by atoms with Crippen LogP contribution in [0.25, 0.3) is 11.3 Å². The van der Waals surface area contributed by atoms with Gasteiger partial charge in [-0.15, -0.1) is 10.2 Å². The van der Waals surface area contributed by atoms with Gasteiger partial charge in [0.25, 0.3) is 0 Å². The maximum atomic E-state index is 5.78. The molecule has 2 rings (SSSR count). The van der Waals surface area contributed by atoms with Crippen LogP contribution in [0.15, 0.2) is 18.2 Å². The summed E-state index contributed by atoms with van der Waals surface area (Å²) >= 11 is 0. The third-order valence-electron chi connectivity index (χ3n) is 2.38. The molecule has 82 valence electrons. The number of aryl methyl sites for hydroxylation is 2. The van der Waals surface area contributed by atoms with Crippen LogP contribution in [-0.2, 0) is 0 Å². The van der Waals surface area contributed by atoms with Gasteiger partial charge < -0.3 is 11.5 Å². The molecular formula is C11H13N5. The van der Waals surface area contributed by atoms with Crippen molar-refractivity contribution in [3.05, 3.63) is 29.3 Å². The zero-order valence-corrected chi connectivity index (χ0v) is 9.23. The third-order valence-corrected chi connectivity index (χ3v) is 2.38. The van der Waals surface area contributed by atoms with Gasteiger partial charge in [-0.1, -0.05) is 17.7 Å². The molecule has 0 radical (unpaired) electrons. The summed E-state index contributed by atoms with van der Waals surface area (Å²) in [6.07, 6.45) is 0. The molecule has 1 heterocycles. The number of hydrogen-bond donors (Lipinski definition) is 2. The van der Waals surface area contributed by atoms with Crippen LogP contribution in [0.1, 0.15) is 11.1 Å². The van der Waals surface area contributed by atoms with E-state index in [1.54, 1.807) is 0 Å². The van der Waals surface area contributed by atoms with Crippen LogP contribution in [0.2, 0.25) is 0 Å². The number of benzene rings is 1. The molecule has 0 atom stereocenters. The second kappa shape index (κ2) is 3.77. The monoisotopic (exact) mass is 215 g/mol. The number of nitrogens with zero attached hydrogens (tertiary/aromatic N) is 3. The maximum Gasteiger partial charge on any atom is 0.242 e. The Morgan fingerprint density at radius 1 is 1.06 bits per heavy atom. The standard InChI is InChI=1S/C11H13N5/c1-6-3-4-7(2)8(5-6)9-10(12)14-11(13)16-15-9/h3-5H,1-2H3,(H4,12,13,14,16). The van der Waals surface area contributed by atoms with Crippen LogP contribution < -0.4 is 11.5 Å². The Balaban J connectivity index is 2.62. The van der Waals surface area contributed by atoms with Crippen LogP contribution in [-0.4, -0.2) is 15.2 Å². The molecule has 4 N–H and O–H groups in total. The summed E-state index contributed by atoms with van der Waals surface area (Å²) in [6.45, 7) is 4.00. The predicted octanol–water partition coefficient (Wildman–Crippen LogP) is 1.32. The zero-order valence-electron chi connectivity index (χ0n) is 9.23. The second-order valence-corrected chi connectivity index (χ2v) is 3.72. The molecule has 0 saturated heterocycles. The largest absolute Gasteiger partial charge is 0.382 e. The number of nitrogens with two attached hydrogens (primary N) is 2. The number of aromatic nitrogens is 3. The summed E-state index contributed by atoms with van der Waals surface area (Å²) in [6, 6.07) is 6.06. The highest BCUT2D eigenvalue weighted by molar-refractivity contribution is 5.72. The molecule has 0 aliphatic carbocycles. The van der Waals surface area contributed by atoms with E-state index in [0.717, 1.165) is 16.7 Å². The summed E-state index contributed by atoms with van der Waals surface area (Å²) in [7, 11) is 0. The first kappa shape index (κ1) is 10.4. The van der Waals surface area contributed by atoms with E-state index >= 15 is 0 Å². The van der Waals surface area contributed by atoms with Crippen LogP contribution >= 0.6 is 0 Å². The van der Waals surface area contributed by atoms with Crippen LogP contribution in [0.4, 0.5) is 11.8 Å². The molecule has 0 fully saturated rings. The van der Waals surface area contributed by atoms with Gasteiger partial charge in [0.05, 0.1) is 0 Å². The summed E-state index contributed by atoms with van der Waals surface area (Å²) in [5.41, 5.74) is 14.9. The van der Waals surface area contributed by atoms with Crippen molar-refractivity contribution >= 4 is 11.8 Å². The van der Waals surface area contributed by atoms with Crippen molar-refractivity contribution in [3.63, 3.8) is 0 Å². The first-order valence-electron chi connectivity index (χ1n) is 4.91. The lowest BCUT2D eigenvalue weighted by Crippen LogP contribution is -2.05. The van der Waals surface area contributed by atoms with Crippen molar-refractivity contribution in [2.75, 3.05) is 11.5 Å². The highest BCUT2D eigenvalue weighted by Crippen LogP contribution is 2.25. The van der Waals surface area contributed by atoms with Crippen molar-refractivity contribution < 1.29 is 0 Å². The van der Waals surface area contributed by atoms with Gasteiger partial charge in [-0.25, -0.2) is 0 Å². The van der Waals surface area contributed by atoms with Gasteiger partial charge >= 0.3 is 0 Å². The average molecular weight is 215 g/mol.